The molecule has 4 heteroatoms. The van der Waals surface area contributed by atoms with Crippen LogP contribution in [-0.4, -0.2) is 28.0 Å². The number of carboxylic acids is 1. The molecule has 60 valence electrons. The van der Waals surface area contributed by atoms with Crippen molar-refractivity contribution in [2.75, 3.05) is 0 Å². The van der Waals surface area contributed by atoms with Gasteiger partial charge in [-0.2, -0.15) is 0 Å². The third-order valence-corrected chi connectivity index (χ3v) is 0.964. The Hall–Kier alpha value is -0.640. The minimum absolute atomic E-state index is 0.373. The molecule has 0 heterocycles. The van der Waals surface area contributed by atoms with Crippen molar-refractivity contribution in [2.45, 2.75) is 32.0 Å². The van der Waals surface area contributed by atoms with Crippen LogP contribution in [0.4, 0.5) is 4.39 Å². The molecular formula is C6H11FO3. The van der Waals surface area contributed by atoms with Gasteiger partial charge in [0.25, 0.3) is 0 Å². The smallest absolute Gasteiger partial charge is 0.332 e. The van der Waals surface area contributed by atoms with Crippen LogP contribution >= 0.6 is 0 Å². The van der Waals surface area contributed by atoms with Gasteiger partial charge in [-0.05, 0) is 13.8 Å². The van der Waals surface area contributed by atoms with Gasteiger partial charge in [0.05, 0.1) is 0 Å². The molecule has 0 aliphatic carbocycles. The Morgan fingerprint density at radius 1 is 1.70 bits per heavy atom. The number of halogens is 1. The molecule has 10 heavy (non-hydrogen) atoms. The van der Waals surface area contributed by atoms with Crippen molar-refractivity contribution in [3.63, 3.8) is 0 Å². The molecule has 0 aromatic heterocycles. The van der Waals surface area contributed by atoms with Crippen LogP contribution in [0.1, 0.15) is 20.3 Å². The highest BCUT2D eigenvalue weighted by Crippen LogP contribution is 2.15. The van der Waals surface area contributed by atoms with E-state index >= 15 is 0 Å². The topological polar surface area (TPSA) is 57.5 Å². The molecule has 2 N–H and O–H groups in total. The first kappa shape index (κ1) is 9.36. The van der Waals surface area contributed by atoms with E-state index in [-0.39, 0.29) is 6.42 Å². The first-order valence-corrected chi connectivity index (χ1v) is 2.93. The number of alkyl halides is 1. The zero-order valence-corrected chi connectivity index (χ0v) is 5.97. The fourth-order valence-corrected chi connectivity index (χ4v) is 0.547. The van der Waals surface area contributed by atoms with Crippen molar-refractivity contribution in [2.24, 2.45) is 0 Å². The summed E-state index contributed by atoms with van der Waals surface area (Å²) in [4.78, 5) is 9.96. The third kappa shape index (κ3) is 4.26. The average Bonchev–Trinajstić information content (AvgIpc) is 1.60. The van der Waals surface area contributed by atoms with Crippen LogP contribution in [0.3, 0.4) is 0 Å². The zero-order chi connectivity index (χ0) is 8.36. The SMILES string of the molecule is CC(C)(F)CC(O)C(=O)O. The van der Waals surface area contributed by atoms with Crippen LogP contribution in [0.5, 0.6) is 0 Å². The molecule has 0 saturated heterocycles. The molecular weight excluding hydrogens is 139 g/mol. The van der Waals surface area contributed by atoms with Crippen molar-refractivity contribution in [1.82, 2.24) is 0 Å². The highest BCUT2D eigenvalue weighted by molar-refractivity contribution is 5.71. The van der Waals surface area contributed by atoms with Gasteiger partial charge in [-0.3, -0.25) is 0 Å². The van der Waals surface area contributed by atoms with E-state index in [0.29, 0.717) is 0 Å². The van der Waals surface area contributed by atoms with Crippen LogP contribution in [0.2, 0.25) is 0 Å². The van der Waals surface area contributed by atoms with Crippen molar-refractivity contribution in [3.05, 3.63) is 0 Å². The van der Waals surface area contributed by atoms with Gasteiger partial charge in [0.15, 0.2) is 6.10 Å². The van der Waals surface area contributed by atoms with Crippen molar-refractivity contribution in [1.29, 1.82) is 0 Å². The molecule has 0 aliphatic rings. The van der Waals surface area contributed by atoms with Gasteiger partial charge in [0.1, 0.15) is 5.67 Å². The van der Waals surface area contributed by atoms with Crippen LogP contribution in [0.25, 0.3) is 0 Å². The van der Waals surface area contributed by atoms with Crippen molar-refractivity contribution >= 4 is 5.97 Å². The number of aliphatic carboxylic acids is 1. The zero-order valence-electron chi connectivity index (χ0n) is 5.97. The van der Waals surface area contributed by atoms with E-state index in [1.807, 2.05) is 0 Å². The summed E-state index contributed by atoms with van der Waals surface area (Å²) >= 11 is 0. The molecule has 0 spiro atoms. The summed E-state index contributed by atoms with van der Waals surface area (Å²) in [6.45, 7) is 2.44. The molecule has 0 radical (unpaired) electrons. The van der Waals surface area contributed by atoms with E-state index in [1.54, 1.807) is 0 Å². The van der Waals surface area contributed by atoms with E-state index in [1.165, 1.54) is 13.8 Å². The lowest BCUT2D eigenvalue weighted by atomic mass is 10.0. The van der Waals surface area contributed by atoms with E-state index in [0.717, 1.165) is 0 Å². The lowest BCUT2D eigenvalue weighted by Gasteiger charge is -2.15. The number of carbonyl (C=O) groups is 1. The second-order valence-electron chi connectivity index (χ2n) is 2.78. The van der Waals surface area contributed by atoms with Gasteiger partial charge in [-0.1, -0.05) is 0 Å². The molecule has 0 bridgehead atoms. The summed E-state index contributed by atoms with van der Waals surface area (Å²) < 4.78 is 12.6. The van der Waals surface area contributed by atoms with E-state index in [2.05, 4.69) is 0 Å². The summed E-state index contributed by atoms with van der Waals surface area (Å²) in [5, 5.41) is 16.8. The molecule has 0 amide bonds. The molecule has 1 unspecified atom stereocenters. The van der Waals surface area contributed by atoms with Crippen LogP contribution < -0.4 is 0 Å². The summed E-state index contributed by atoms with van der Waals surface area (Å²) in [6.07, 6.45) is -1.97. The van der Waals surface area contributed by atoms with Gasteiger partial charge in [0, 0.05) is 6.42 Å². The highest BCUT2D eigenvalue weighted by Gasteiger charge is 2.24. The number of carboxylic acid groups (broad SMARTS) is 1. The lowest BCUT2D eigenvalue weighted by molar-refractivity contribution is -0.148. The maximum atomic E-state index is 12.6. The summed E-state index contributed by atoms with van der Waals surface area (Å²) in [5.74, 6) is -1.38. The number of aliphatic hydroxyl groups is 1. The van der Waals surface area contributed by atoms with Gasteiger partial charge in [-0.25, -0.2) is 9.18 Å². The first-order chi connectivity index (χ1) is 4.33. The highest BCUT2D eigenvalue weighted by atomic mass is 19.1. The number of aliphatic hydroxyl groups excluding tert-OH is 1. The normalized spacial score (nSPS) is 14.8. The maximum Gasteiger partial charge on any atom is 0.332 e. The van der Waals surface area contributed by atoms with E-state index in [9.17, 15) is 9.18 Å². The van der Waals surface area contributed by atoms with Crippen molar-refractivity contribution < 1.29 is 19.4 Å². The van der Waals surface area contributed by atoms with Gasteiger partial charge in [0.2, 0.25) is 0 Å². The standard InChI is InChI=1S/C6H11FO3/c1-6(2,7)3-4(8)5(9)10/h4,8H,3H2,1-2H3,(H,9,10). The quantitative estimate of drug-likeness (QED) is 0.618. The van der Waals surface area contributed by atoms with Crippen LogP contribution in [0.15, 0.2) is 0 Å². The number of rotatable bonds is 3. The third-order valence-electron chi connectivity index (χ3n) is 0.964. The molecule has 0 aromatic carbocycles. The number of hydrogen-bond acceptors (Lipinski definition) is 2. The molecule has 0 saturated carbocycles. The monoisotopic (exact) mass is 150 g/mol. The summed E-state index contributed by atoms with van der Waals surface area (Å²) in [7, 11) is 0. The van der Waals surface area contributed by atoms with E-state index in [4.69, 9.17) is 10.2 Å². The Morgan fingerprint density at radius 2 is 2.10 bits per heavy atom. The fraction of sp³-hybridized carbons (Fsp3) is 0.833. The van der Waals surface area contributed by atoms with Crippen molar-refractivity contribution in [3.8, 4) is 0 Å². The van der Waals surface area contributed by atoms with Gasteiger partial charge in [-0.15, -0.1) is 0 Å². The Labute approximate surface area is 58.5 Å². The van der Waals surface area contributed by atoms with Crippen LogP contribution in [0, 0.1) is 0 Å². The maximum absolute atomic E-state index is 12.6. The first-order valence-electron chi connectivity index (χ1n) is 2.93. The molecule has 1 atom stereocenters. The number of hydrogen-bond donors (Lipinski definition) is 2. The molecule has 0 aromatic rings. The lowest BCUT2D eigenvalue weighted by Crippen LogP contribution is -2.28. The van der Waals surface area contributed by atoms with Crippen LogP contribution in [-0.2, 0) is 4.79 Å². The largest absolute Gasteiger partial charge is 0.479 e. The molecule has 0 rings (SSSR count). The van der Waals surface area contributed by atoms with Gasteiger partial charge >= 0.3 is 5.97 Å². The second kappa shape index (κ2) is 2.96. The Bertz CT molecular complexity index is 127. The van der Waals surface area contributed by atoms with E-state index < -0.39 is 17.7 Å². The Balaban J connectivity index is 3.80. The molecule has 3 nitrogen and oxygen atoms in total. The Kier molecular flexibility index (Phi) is 2.77. The molecule has 0 fully saturated rings. The fourth-order valence-electron chi connectivity index (χ4n) is 0.547. The predicted molar refractivity (Wildman–Crippen MR) is 33.4 cm³/mol. The summed E-state index contributed by atoms with van der Waals surface area (Å²) in [5.41, 5.74) is -1.63. The summed E-state index contributed by atoms with van der Waals surface area (Å²) in [6, 6.07) is 0. The molecule has 0 aliphatic heterocycles. The minimum atomic E-state index is -1.63. The Morgan fingerprint density at radius 3 is 2.20 bits per heavy atom. The van der Waals surface area contributed by atoms with Gasteiger partial charge < -0.3 is 10.2 Å². The minimum Gasteiger partial charge on any atom is -0.479 e. The average molecular weight is 150 g/mol. The predicted octanol–water partition coefficient (Wildman–Crippen LogP) is 0.570. The second-order valence-corrected chi connectivity index (χ2v) is 2.78.